The highest BCUT2D eigenvalue weighted by molar-refractivity contribution is 6.30. The van der Waals surface area contributed by atoms with Gasteiger partial charge in [0.1, 0.15) is 17.3 Å². The van der Waals surface area contributed by atoms with E-state index in [9.17, 15) is 4.39 Å². The van der Waals surface area contributed by atoms with Gasteiger partial charge in [-0.25, -0.2) is 4.39 Å². The first-order valence-electron chi connectivity index (χ1n) is 5.11. The van der Waals surface area contributed by atoms with Gasteiger partial charge in [-0.15, -0.1) is 0 Å². The number of ether oxygens (including phenoxy) is 1. The summed E-state index contributed by atoms with van der Waals surface area (Å²) in [7, 11) is 0. The number of rotatable bonds is 3. The minimum Gasteiger partial charge on any atom is -0.457 e. The number of halogens is 2. The maximum atomic E-state index is 13.0. The second-order valence-corrected chi connectivity index (χ2v) is 3.90. The molecule has 0 atom stereocenters. The Bertz CT molecular complexity index is 531. The third-order valence-electron chi connectivity index (χ3n) is 2.31. The van der Waals surface area contributed by atoms with Crippen LogP contribution in [0.3, 0.4) is 0 Å². The molecule has 4 heteroatoms. The predicted molar refractivity (Wildman–Crippen MR) is 65.8 cm³/mol. The van der Waals surface area contributed by atoms with E-state index in [1.807, 2.05) is 18.2 Å². The lowest BCUT2D eigenvalue weighted by Crippen LogP contribution is -1.99. The highest BCUT2D eigenvalue weighted by Crippen LogP contribution is 2.28. The lowest BCUT2D eigenvalue weighted by molar-refractivity contribution is 0.474. The molecule has 88 valence electrons. The second-order valence-electron chi connectivity index (χ2n) is 3.49. The van der Waals surface area contributed by atoms with Gasteiger partial charge in [0.25, 0.3) is 0 Å². The molecule has 0 amide bonds. The lowest BCUT2D eigenvalue weighted by atomic mass is 10.2. The molecule has 0 radical (unpaired) electrons. The Labute approximate surface area is 104 Å². The fourth-order valence-corrected chi connectivity index (χ4v) is 1.61. The first-order chi connectivity index (χ1) is 8.20. The van der Waals surface area contributed by atoms with E-state index in [4.69, 9.17) is 22.1 Å². The Morgan fingerprint density at radius 3 is 2.65 bits per heavy atom. The average Bonchev–Trinajstić information content (AvgIpc) is 2.34. The van der Waals surface area contributed by atoms with Crippen LogP contribution in [0.15, 0.2) is 42.5 Å². The molecule has 0 saturated carbocycles. The van der Waals surface area contributed by atoms with Crippen LogP contribution in [-0.4, -0.2) is 0 Å². The fourth-order valence-electron chi connectivity index (χ4n) is 1.44. The van der Waals surface area contributed by atoms with Crippen LogP contribution in [0.5, 0.6) is 11.5 Å². The van der Waals surface area contributed by atoms with Gasteiger partial charge in [0, 0.05) is 18.2 Å². The summed E-state index contributed by atoms with van der Waals surface area (Å²) in [5.41, 5.74) is 6.47. The molecule has 0 saturated heterocycles. The molecule has 2 nitrogen and oxygen atoms in total. The molecule has 0 bridgehead atoms. The van der Waals surface area contributed by atoms with Gasteiger partial charge in [0.05, 0.1) is 5.02 Å². The van der Waals surface area contributed by atoms with E-state index < -0.39 is 5.82 Å². The molecule has 2 aromatic rings. The molecule has 0 heterocycles. The maximum Gasteiger partial charge on any atom is 0.142 e. The Kier molecular flexibility index (Phi) is 3.61. The van der Waals surface area contributed by atoms with Crippen LogP contribution in [0, 0.1) is 5.82 Å². The van der Waals surface area contributed by atoms with Crippen molar-refractivity contribution in [1.29, 1.82) is 0 Å². The zero-order valence-electron chi connectivity index (χ0n) is 8.99. The molecule has 2 rings (SSSR count). The van der Waals surface area contributed by atoms with Crippen molar-refractivity contribution < 1.29 is 9.13 Å². The third kappa shape index (κ3) is 2.75. The van der Waals surface area contributed by atoms with Gasteiger partial charge in [0.2, 0.25) is 0 Å². The largest absolute Gasteiger partial charge is 0.457 e. The molecule has 0 aliphatic rings. The number of hydrogen-bond donors (Lipinski definition) is 1. The number of benzene rings is 2. The Hall–Kier alpha value is -1.58. The van der Waals surface area contributed by atoms with Crippen molar-refractivity contribution in [1.82, 2.24) is 0 Å². The van der Waals surface area contributed by atoms with E-state index in [-0.39, 0.29) is 5.02 Å². The van der Waals surface area contributed by atoms with Crippen LogP contribution >= 0.6 is 11.6 Å². The molecule has 2 aromatic carbocycles. The molecule has 17 heavy (non-hydrogen) atoms. The molecule has 0 unspecified atom stereocenters. The van der Waals surface area contributed by atoms with Crippen molar-refractivity contribution in [3.05, 3.63) is 58.9 Å². The lowest BCUT2D eigenvalue weighted by Gasteiger charge is -2.09. The summed E-state index contributed by atoms with van der Waals surface area (Å²) in [5.74, 6) is 0.668. The number of hydrogen-bond acceptors (Lipinski definition) is 2. The summed E-state index contributed by atoms with van der Waals surface area (Å²) in [4.78, 5) is 0. The quantitative estimate of drug-likeness (QED) is 0.902. The Morgan fingerprint density at radius 2 is 1.94 bits per heavy atom. The Morgan fingerprint density at radius 1 is 1.18 bits per heavy atom. The van der Waals surface area contributed by atoms with Crippen LogP contribution in [0.2, 0.25) is 5.02 Å². The molecular formula is C13H11ClFNO. The summed E-state index contributed by atoms with van der Waals surface area (Å²) >= 11 is 5.67. The van der Waals surface area contributed by atoms with E-state index in [0.717, 1.165) is 5.56 Å². The topological polar surface area (TPSA) is 35.2 Å². The van der Waals surface area contributed by atoms with Crippen molar-refractivity contribution in [3.63, 3.8) is 0 Å². The predicted octanol–water partition coefficient (Wildman–Crippen LogP) is 3.73. The smallest absolute Gasteiger partial charge is 0.142 e. The molecule has 0 fully saturated rings. The number of para-hydroxylation sites is 1. The van der Waals surface area contributed by atoms with Crippen LogP contribution in [-0.2, 0) is 6.54 Å². The summed E-state index contributed by atoms with van der Waals surface area (Å²) in [6.07, 6.45) is 0. The number of nitrogens with two attached hydrogens (primary N) is 1. The van der Waals surface area contributed by atoms with Gasteiger partial charge in [0.15, 0.2) is 0 Å². The van der Waals surface area contributed by atoms with Crippen molar-refractivity contribution >= 4 is 11.6 Å². The highest BCUT2D eigenvalue weighted by Gasteiger charge is 2.05. The normalized spacial score (nSPS) is 10.3. The molecule has 0 spiro atoms. The van der Waals surface area contributed by atoms with E-state index in [0.29, 0.717) is 18.0 Å². The van der Waals surface area contributed by atoms with Crippen molar-refractivity contribution in [2.45, 2.75) is 6.54 Å². The Balaban J connectivity index is 2.28. The van der Waals surface area contributed by atoms with E-state index in [1.165, 1.54) is 18.2 Å². The van der Waals surface area contributed by atoms with E-state index in [2.05, 4.69) is 0 Å². The first kappa shape index (κ1) is 11.9. The molecular weight excluding hydrogens is 241 g/mol. The van der Waals surface area contributed by atoms with Gasteiger partial charge in [-0.1, -0.05) is 29.8 Å². The van der Waals surface area contributed by atoms with Gasteiger partial charge < -0.3 is 10.5 Å². The minimum absolute atomic E-state index is 0.0349. The highest BCUT2D eigenvalue weighted by atomic mass is 35.5. The van der Waals surface area contributed by atoms with Crippen LogP contribution in [0.1, 0.15) is 5.56 Å². The summed E-state index contributed by atoms with van der Waals surface area (Å²) in [5, 5.41) is 0.0349. The summed E-state index contributed by atoms with van der Waals surface area (Å²) in [6, 6.07) is 11.6. The standard InChI is InChI=1S/C13H11ClFNO/c14-11-7-10(5-6-12(11)15)17-13-4-2-1-3-9(13)8-16/h1-7H,8,16H2. The van der Waals surface area contributed by atoms with Gasteiger partial charge in [-0.2, -0.15) is 0 Å². The van der Waals surface area contributed by atoms with Crippen LogP contribution in [0.25, 0.3) is 0 Å². The van der Waals surface area contributed by atoms with Crippen molar-refractivity contribution in [2.24, 2.45) is 5.73 Å². The molecule has 2 N–H and O–H groups in total. The van der Waals surface area contributed by atoms with Crippen molar-refractivity contribution in [2.75, 3.05) is 0 Å². The van der Waals surface area contributed by atoms with Gasteiger partial charge in [-0.3, -0.25) is 0 Å². The maximum absolute atomic E-state index is 13.0. The summed E-state index contributed by atoms with van der Waals surface area (Å²) < 4.78 is 18.6. The average molecular weight is 252 g/mol. The molecule has 0 aliphatic carbocycles. The fraction of sp³-hybridized carbons (Fsp3) is 0.0769. The van der Waals surface area contributed by atoms with Gasteiger partial charge in [-0.05, 0) is 18.2 Å². The van der Waals surface area contributed by atoms with Crippen molar-refractivity contribution in [3.8, 4) is 11.5 Å². The van der Waals surface area contributed by atoms with Crippen LogP contribution < -0.4 is 10.5 Å². The first-order valence-corrected chi connectivity index (χ1v) is 5.49. The van der Waals surface area contributed by atoms with Crippen LogP contribution in [0.4, 0.5) is 4.39 Å². The molecule has 0 aliphatic heterocycles. The zero-order valence-corrected chi connectivity index (χ0v) is 9.75. The monoisotopic (exact) mass is 251 g/mol. The van der Waals surface area contributed by atoms with Gasteiger partial charge >= 0.3 is 0 Å². The third-order valence-corrected chi connectivity index (χ3v) is 2.60. The summed E-state index contributed by atoms with van der Waals surface area (Å²) in [6.45, 7) is 0.380. The molecule has 0 aromatic heterocycles. The zero-order chi connectivity index (χ0) is 12.3. The second kappa shape index (κ2) is 5.17. The van der Waals surface area contributed by atoms with E-state index in [1.54, 1.807) is 6.07 Å². The van der Waals surface area contributed by atoms with E-state index >= 15 is 0 Å². The minimum atomic E-state index is -0.467. The SMILES string of the molecule is NCc1ccccc1Oc1ccc(F)c(Cl)c1.